The fraction of sp³-hybridized carbons (Fsp3) is 0.704. The van der Waals surface area contributed by atoms with Crippen LogP contribution in [0.5, 0.6) is 0 Å². The Morgan fingerprint density at radius 2 is 1.21 bits per heavy atom. The summed E-state index contributed by atoms with van der Waals surface area (Å²) in [6.45, 7) is 7.59. The Labute approximate surface area is 223 Å². The van der Waals surface area contributed by atoms with Crippen molar-refractivity contribution in [2.45, 2.75) is 112 Å². The first-order chi connectivity index (χ1) is 16.0. The van der Waals surface area contributed by atoms with Crippen molar-refractivity contribution < 1.29 is 17.7 Å². The van der Waals surface area contributed by atoms with Crippen LogP contribution in [0.3, 0.4) is 0 Å². The number of unbranched alkanes of at least 4 members (excludes halogenated alkanes) is 13. The molecule has 0 aliphatic rings. The average Bonchev–Trinajstić information content (AvgIpc) is 2.82. The van der Waals surface area contributed by atoms with Crippen LogP contribution in [0.25, 0.3) is 0 Å². The fourth-order valence-corrected chi connectivity index (χ4v) is 4.64. The molecule has 0 saturated heterocycles. The molecule has 0 saturated carbocycles. The van der Waals surface area contributed by atoms with Gasteiger partial charge >= 0.3 is 102 Å². The number of aliphatic hydroxyl groups excluding tert-OH is 1. The molecular weight excluding hydrogens is 443 g/mol. The summed E-state index contributed by atoms with van der Waals surface area (Å²) in [6, 6.07) is 8.00. The van der Waals surface area contributed by atoms with Crippen LogP contribution in [-0.4, -0.2) is 54.7 Å². The SMILES string of the molecule is C=CCOS(=O)(=O)c1ccccc1.CCCCCCCCCCCCCCC[CH2][Na].CCO. The van der Waals surface area contributed by atoms with Crippen LogP contribution in [0, 0.1) is 0 Å². The average molecular weight is 493 g/mol. The van der Waals surface area contributed by atoms with E-state index in [2.05, 4.69) is 17.7 Å². The molecule has 0 atom stereocenters. The molecule has 188 valence electrons. The van der Waals surface area contributed by atoms with Crippen LogP contribution in [0.1, 0.15) is 104 Å². The van der Waals surface area contributed by atoms with Crippen molar-refractivity contribution in [3.63, 3.8) is 0 Å². The molecule has 0 spiro atoms. The van der Waals surface area contributed by atoms with Crippen LogP contribution >= 0.6 is 0 Å². The van der Waals surface area contributed by atoms with Crippen LogP contribution in [-0.2, 0) is 14.3 Å². The topological polar surface area (TPSA) is 63.6 Å². The zero-order valence-corrected chi connectivity index (χ0v) is 24.6. The Morgan fingerprint density at radius 3 is 1.58 bits per heavy atom. The van der Waals surface area contributed by atoms with Gasteiger partial charge in [0, 0.05) is 6.61 Å². The van der Waals surface area contributed by atoms with E-state index in [1.807, 2.05) is 0 Å². The molecule has 0 aliphatic heterocycles. The molecule has 1 rings (SSSR count). The predicted octanol–water partition coefficient (Wildman–Crippen LogP) is 7.63. The molecule has 0 bridgehead atoms. The van der Waals surface area contributed by atoms with Crippen molar-refractivity contribution in [2.24, 2.45) is 0 Å². The van der Waals surface area contributed by atoms with Crippen LogP contribution in [0.2, 0.25) is 3.67 Å². The summed E-state index contributed by atoms with van der Waals surface area (Å²) in [4.78, 5) is 0.164. The van der Waals surface area contributed by atoms with Crippen molar-refractivity contribution >= 4 is 38.0 Å². The van der Waals surface area contributed by atoms with Gasteiger partial charge in [0.1, 0.15) is 0 Å². The number of rotatable bonds is 18. The number of aliphatic hydroxyl groups is 1. The molecule has 0 unspecified atom stereocenters. The first-order valence-corrected chi connectivity index (χ1v) is 16.0. The Kier molecular flexibility index (Phi) is 29.8. The normalized spacial score (nSPS) is 10.6. The molecule has 1 aromatic carbocycles. The summed E-state index contributed by atoms with van der Waals surface area (Å²) >= 11 is 1.41. The van der Waals surface area contributed by atoms with Crippen molar-refractivity contribution in [1.29, 1.82) is 0 Å². The predicted molar refractivity (Wildman–Crippen MR) is 143 cm³/mol. The van der Waals surface area contributed by atoms with Gasteiger partial charge in [-0.05, 0) is 19.1 Å². The fourth-order valence-electron chi connectivity index (χ4n) is 3.24. The zero-order valence-electron chi connectivity index (χ0n) is 21.8. The molecule has 6 heteroatoms. The summed E-state index contributed by atoms with van der Waals surface area (Å²) in [5.74, 6) is 0. The molecule has 0 aromatic heterocycles. The standard InChI is InChI=1S/C16H33.C9H10O3S.C2H6O.Na/c1-3-5-7-9-11-13-15-16-14-12-10-8-6-4-2;1-2-8-12-13(10,11)9-6-4-3-5-7-9;1-2-3;/h1,3-16H2,2H3;2-7H,1,8H2;3H,2H2,1H3;. The first-order valence-electron chi connectivity index (χ1n) is 13.2. The Bertz CT molecular complexity index is 592. The van der Waals surface area contributed by atoms with Gasteiger partial charge in [0.25, 0.3) is 10.1 Å². The van der Waals surface area contributed by atoms with E-state index in [1.165, 1.54) is 140 Å². The third-order valence-corrected chi connectivity index (χ3v) is 7.08. The van der Waals surface area contributed by atoms with Gasteiger partial charge in [-0.15, -0.1) is 6.58 Å². The second-order valence-corrected chi connectivity index (χ2v) is 10.9. The van der Waals surface area contributed by atoms with Gasteiger partial charge in [-0.3, -0.25) is 4.18 Å². The van der Waals surface area contributed by atoms with E-state index in [0.29, 0.717) is 0 Å². The van der Waals surface area contributed by atoms with Crippen molar-refractivity contribution in [2.75, 3.05) is 13.2 Å². The van der Waals surface area contributed by atoms with Crippen LogP contribution in [0.15, 0.2) is 47.9 Å². The van der Waals surface area contributed by atoms with Gasteiger partial charge in [0.05, 0.1) is 11.5 Å². The zero-order chi connectivity index (χ0) is 25.0. The van der Waals surface area contributed by atoms with E-state index < -0.39 is 10.1 Å². The largest absolute Gasteiger partial charge is 0.397 e. The molecule has 0 amide bonds. The molecule has 0 aliphatic carbocycles. The Morgan fingerprint density at radius 1 is 0.818 bits per heavy atom. The minimum absolute atomic E-state index is 0.00275. The third-order valence-electron chi connectivity index (χ3n) is 5.08. The molecule has 0 fully saturated rings. The monoisotopic (exact) mass is 492 g/mol. The molecular formula is C27H49NaO4S. The summed E-state index contributed by atoms with van der Waals surface area (Å²) in [7, 11) is -3.59. The van der Waals surface area contributed by atoms with Crippen molar-refractivity contribution in [1.82, 2.24) is 0 Å². The van der Waals surface area contributed by atoms with Crippen LogP contribution in [0.4, 0.5) is 0 Å². The first kappa shape index (κ1) is 35.0. The minimum atomic E-state index is -3.59. The molecule has 4 nitrogen and oxygen atoms in total. The molecule has 1 N–H and O–H groups in total. The van der Waals surface area contributed by atoms with Gasteiger partial charge in [-0.1, -0.05) is 50.5 Å². The smallest absolute Gasteiger partial charge is 0.0402 e. The molecule has 33 heavy (non-hydrogen) atoms. The van der Waals surface area contributed by atoms with Gasteiger partial charge in [-0.2, -0.15) is 8.42 Å². The number of benzene rings is 1. The van der Waals surface area contributed by atoms with E-state index >= 15 is 0 Å². The summed E-state index contributed by atoms with van der Waals surface area (Å²) < 4.78 is 28.8. The van der Waals surface area contributed by atoms with Gasteiger partial charge in [-0.25, -0.2) is 0 Å². The molecule has 0 heterocycles. The van der Waals surface area contributed by atoms with E-state index in [1.54, 1.807) is 25.1 Å². The third kappa shape index (κ3) is 26.3. The number of hydrogen-bond donors (Lipinski definition) is 1. The second kappa shape index (κ2) is 28.1. The Balaban J connectivity index is 0. The summed E-state index contributed by atoms with van der Waals surface area (Å²) in [5.41, 5.74) is 0. The maximum Gasteiger partial charge on any atom is 0.0402 e. The maximum absolute atomic E-state index is 11.3. The molecule has 1 aromatic rings. The van der Waals surface area contributed by atoms with Gasteiger partial charge < -0.3 is 5.11 Å². The van der Waals surface area contributed by atoms with E-state index in [4.69, 9.17) is 5.11 Å². The Hall–Kier alpha value is -0.170. The second-order valence-electron chi connectivity index (χ2n) is 8.25. The van der Waals surface area contributed by atoms with E-state index in [0.717, 1.165) is 0 Å². The minimum Gasteiger partial charge on any atom is -0.397 e. The van der Waals surface area contributed by atoms with Crippen LogP contribution < -0.4 is 0 Å². The summed E-state index contributed by atoms with van der Waals surface area (Å²) in [5, 5.41) is 7.57. The van der Waals surface area contributed by atoms with Crippen molar-refractivity contribution in [3.05, 3.63) is 43.0 Å². The van der Waals surface area contributed by atoms with E-state index in [-0.39, 0.29) is 18.1 Å². The summed E-state index contributed by atoms with van der Waals surface area (Å²) in [6.07, 6.45) is 22.1. The molecule has 0 radical (unpaired) electrons. The van der Waals surface area contributed by atoms with Gasteiger partial charge in [0.2, 0.25) is 0 Å². The van der Waals surface area contributed by atoms with E-state index in [9.17, 15) is 8.42 Å². The number of hydrogen-bond acceptors (Lipinski definition) is 4. The maximum atomic E-state index is 11.3. The van der Waals surface area contributed by atoms with Gasteiger partial charge in [0.15, 0.2) is 0 Å². The van der Waals surface area contributed by atoms with Crippen molar-refractivity contribution in [3.8, 4) is 0 Å². The quantitative estimate of drug-likeness (QED) is 0.0990.